The fraction of sp³-hybridized carbons (Fsp3) is 0.250. The monoisotopic (exact) mass is 466 g/mol. The van der Waals surface area contributed by atoms with E-state index >= 15 is 0 Å². The zero-order chi connectivity index (χ0) is 21.0. The molecule has 1 aromatic carbocycles. The Hall–Kier alpha value is -1.80. The summed E-state index contributed by atoms with van der Waals surface area (Å²) in [4.78, 5) is 13.7. The second kappa shape index (κ2) is 9.80. The highest BCUT2D eigenvalue weighted by Gasteiger charge is 2.19. The number of aromatic nitrogens is 3. The highest BCUT2D eigenvalue weighted by molar-refractivity contribution is 7.99. The fourth-order valence-corrected chi connectivity index (χ4v) is 5.04. The first-order valence-electron chi connectivity index (χ1n) is 8.93. The number of carbonyl (C=O) groups excluding carboxylic acids is 1. The predicted octanol–water partition coefficient (Wildman–Crippen LogP) is 6.10. The molecule has 0 saturated heterocycles. The average Bonchev–Trinajstić information content (AvgIpc) is 3.25. The molecule has 29 heavy (non-hydrogen) atoms. The van der Waals surface area contributed by atoms with E-state index in [-0.39, 0.29) is 11.7 Å². The predicted molar refractivity (Wildman–Crippen MR) is 123 cm³/mol. The lowest BCUT2D eigenvalue weighted by molar-refractivity contribution is -0.113. The lowest BCUT2D eigenvalue weighted by Gasteiger charge is -2.09. The van der Waals surface area contributed by atoms with E-state index < -0.39 is 0 Å². The van der Waals surface area contributed by atoms with Crippen LogP contribution >= 0.6 is 46.3 Å². The molecule has 0 radical (unpaired) electrons. The van der Waals surface area contributed by atoms with E-state index in [4.69, 9.17) is 23.2 Å². The molecule has 1 N–H and O–H groups in total. The van der Waals surface area contributed by atoms with Gasteiger partial charge >= 0.3 is 0 Å². The summed E-state index contributed by atoms with van der Waals surface area (Å²) in [6, 6.07) is 4.95. The summed E-state index contributed by atoms with van der Waals surface area (Å²) in [5.41, 5.74) is 2.89. The van der Waals surface area contributed by atoms with Crippen LogP contribution < -0.4 is 5.32 Å². The highest BCUT2D eigenvalue weighted by Crippen LogP contribution is 2.33. The molecule has 0 atom stereocenters. The molecule has 152 valence electrons. The van der Waals surface area contributed by atoms with Crippen molar-refractivity contribution in [1.29, 1.82) is 0 Å². The van der Waals surface area contributed by atoms with Crippen LogP contribution in [0.25, 0.3) is 11.4 Å². The van der Waals surface area contributed by atoms with Gasteiger partial charge in [0, 0.05) is 27.4 Å². The van der Waals surface area contributed by atoms with Crippen molar-refractivity contribution in [3.63, 3.8) is 0 Å². The first-order chi connectivity index (χ1) is 13.9. The summed E-state index contributed by atoms with van der Waals surface area (Å²) in [7, 11) is 0. The van der Waals surface area contributed by atoms with E-state index in [9.17, 15) is 4.79 Å². The third-order valence-electron chi connectivity index (χ3n) is 4.26. The molecule has 0 bridgehead atoms. The Kier molecular flexibility index (Phi) is 7.40. The third kappa shape index (κ3) is 5.04. The van der Waals surface area contributed by atoms with Crippen molar-refractivity contribution < 1.29 is 4.79 Å². The minimum absolute atomic E-state index is 0.178. The number of rotatable bonds is 8. The van der Waals surface area contributed by atoms with Crippen LogP contribution in [0.5, 0.6) is 0 Å². The van der Waals surface area contributed by atoms with E-state index in [2.05, 4.69) is 41.3 Å². The summed E-state index contributed by atoms with van der Waals surface area (Å²) < 4.78 is 1.99. The minimum Gasteiger partial charge on any atom is -0.324 e. The zero-order valence-corrected chi connectivity index (χ0v) is 19.2. The molecule has 0 spiro atoms. The Morgan fingerprint density at radius 1 is 1.38 bits per heavy atom. The first-order valence-corrected chi connectivity index (χ1v) is 11.6. The van der Waals surface area contributed by atoms with Crippen molar-refractivity contribution >= 4 is 57.9 Å². The Morgan fingerprint density at radius 2 is 2.17 bits per heavy atom. The van der Waals surface area contributed by atoms with Crippen LogP contribution in [0.4, 0.5) is 5.69 Å². The molecule has 3 aromatic rings. The summed E-state index contributed by atoms with van der Waals surface area (Å²) >= 11 is 15.0. The number of thiophene rings is 1. The Bertz CT molecular complexity index is 1050. The number of aryl methyl sites for hydroxylation is 1. The van der Waals surface area contributed by atoms with Crippen molar-refractivity contribution in [3.05, 3.63) is 56.7 Å². The number of benzene rings is 1. The SMILES string of the molecule is C=CCn1c(SCC(=O)Nc2ccc(Cl)cc2Cl)nnc1-c1csc(C)c1CC. The number of anilines is 1. The van der Waals surface area contributed by atoms with Gasteiger partial charge in [-0.1, -0.05) is 48.0 Å². The summed E-state index contributed by atoms with van der Waals surface area (Å²) in [6.45, 7) is 8.65. The van der Waals surface area contributed by atoms with Crippen LogP contribution in [-0.2, 0) is 17.8 Å². The molecule has 2 aromatic heterocycles. The summed E-state index contributed by atoms with van der Waals surface area (Å²) in [5.74, 6) is 0.793. The molecule has 0 aliphatic heterocycles. The molecule has 0 aliphatic rings. The number of nitrogens with one attached hydrogen (secondary N) is 1. The summed E-state index contributed by atoms with van der Waals surface area (Å²) in [6.07, 6.45) is 2.73. The van der Waals surface area contributed by atoms with Gasteiger partial charge in [0.1, 0.15) is 0 Å². The highest BCUT2D eigenvalue weighted by atomic mass is 35.5. The van der Waals surface area contributed by atoms with Gasteiger partial charge < -0.3 is 5.32 Å². The number of allylic oxidation sites excluding steroid dienone is 1. The zero-order valence-electron chi connectivity index (χ0n) is 16.0. The second-order valence-corrected chi connectivity index (χ2v) is 9.07. The normalized spacial score (nSPS) is 10.9. The quantitative estimate of drug-likeness (QED) is 0.321. The topological polar surface area (TPSA) is 59.8 Å². The number of hydrogen-bond acceptors (Lipinski definition) is 5. The van der Waals surface area contributed by atoms with Crippen molar-refractivity contribution in [1.82, 2.24) is 14.8 Å². The van der Waals surface area contributed by atoms with Crippen molar-refractivity contribution in [2.75, 3.05) is 11.1 Å². The molecular weight excluding hydrogens is 447 g/mol. The second-order valence-electron chi connectivity index (χ2n) is 6.20. The number of thioether (sulfide) groups is 1. The third-order valence-corrected chi connectivity index (χ3v) is 6.73. The molecule has 0 fully saturated rings. The molecule has 0 aliphatic carbocycles. The van der Waals surface area contributed by atoms with E-state index in [0.29, 0.717) is 27.4 Å². The summed E-state index contributed by atoms with van der Waals surface area (Å²) in [5, 5.41) is 15.2. The fourth-order valence-electron chi connectivity index (χ4n) is 2.90. The van der Waals surface area contributed by atoms with Gasteiger partial charge in [0.15, 0.2) is 11.0 Å². The van der Waals surface area contributed by atoms with Gasteiger partial charge in [0.05, 0.1) is 16.5 Å². The number of halogens is 2. The van der Waals surface area contributed by atoms with E-state index in [1.165, 1.54) is 22.2 Å². The first kappa shape index (κ1) is 21.9. The van der Waals surface area contributed by atoms with Gasteiger partial charge in [-0.2, -0.15) is 0 Å². The van der Waals surface area contributed by atoms with Crippen LogP contribution in [0.1, 0.15) is 17.4 Å². The average molecular weight is 467 g/mol. The van der Waals surface area contributed by atoms with Crippen LogP contribution in [0.2, 0.25) is 10.0 Å². The van der Waals surface area contributed by atoms with Crippen molar-refractivity contribution in [2.24, 2.45) is 0 Å². The van der Waals surface area contributed by atoms with Crippen LogP contribution in [-0.4, -0.2) is 26.4 Å². The Labute approximate surface area is 188 Å². The maximum absolute atomic E-state index is 12.4. The molecule has 9 heteroatoms. The Balaban J connectivity index is 1.76. The van der Waals surface area contributed by atoms with Crippen LogP contribution in [0.3, 0.4) is 0 Å². The van der Waals surface area contributed by atoms with Crippen molar-refractivity contribution in [2.45, 2.75) is 32.0 Å². The molecule has 0 unspecified atom stereocenters. The number of hydrogen-bond donors (Lipinski definition) is 1. The molecule has 5 nitrogen and oxygen atoms in total. The van der Waals surface area contributed by atoms with Gasteiger partial charge in [-0.3, -0.25) is 9.36 Å². The smallest absolute Gasteiger partial charge is 0.234 e. The molecule has 2 heterocycles. The minimum atomic E-state index is -0.186. The van der Waals surface area contributed by atoms with Crippen LogP contribution in [0, 0.1) is 6.92 Å². The van der Waals surface area contributed by atoms with Gasteiger partial charge in [-0.15, -0.1) is 28.1 Å². The largest absolute Gasteiger partial charge is 0.324 e. The van der Waals surface area contributed by atoms with Gasteiger partial charge in [0.2, 0.25) is 5.91 Å². The molecule has 1 amide bonds. The number of nitrogens with zero attached hydrogens (tertiary/aromatic N) is 3. The maximum atomic E-state index is 12.4. The van der Waals surface area contributed by atoms with E-state index in [0.717, 1.165) is 17.8 Å². The van der Waals surface area contributed by atoms with Gasteiger partial charge in [-0.05, 0) is 37.1 Å². The molecule has 3 rings (SSSR count). The molecular formula is C20H20Cl2N4OS2. The van der Waals surface area contributed by atoms with E-state index in [1.807, 2.05) is 4.57 Å². The lowest BCUT2D eigenvalue weighted by atomic mass is 10.1. The van der Waals surface area contributed by atoms with Crippen molar-refractivity contribution in [3.8, 4) is 11.4 Å². The number of carbonyl (C=O) groups is 1. The van der Waals surface area contributed by atoms with Crippen LogP contribution in [0.15, 0.2) is 41.4 Å². The lowest BCUT2D eigenvalue weighted by Crippen LogP contribution is -2.15. The van der Waals surface area contributed by atoms with Gasteiger partial charge in [-0.25, -0.2) is 0 Å². The Morgan fingerprint density at radius 3 is 2.86 bits per heavy atom. The maximum Gasteiger partial charge on any atom is 0.234 e. The van der Waals surface area contributed by atoms with E-state index in [1.54, 1.807) is 35.6 Å². The van der Waals surface area contributed by atoms with Gasteiger partial charge in [0.25, 0.3) is 0 Å². The number of amides is 1. The standard InChI is InChI=1S/C20H20Cl2N4OS2/c1-4-8-26-19(15-10-28-12(3)14(15)5-2)24-25-20(26)29-11-18(27)23-17-7-6-13(21)9-16(17)22/h4,6-7,9-10H,1,5,8,11H2,2-3H3,(H,23,27). The molecule has 0 saturated carbocycles.